The minimum absolute atomic E-state index is 0.860. The van der Waals surface area contributed by atoms with Crippen LogP contribution in [0.4, 0.5) is 5.69 Å². The Morgan fingerprint density at radius 2 is 2.00 bits per heavy atom. The van der Waals surface area contributed by atoms with Gasteiger partial charge in [-0.2, -0.15) is 0 Å². The summed E-state index contributed by atoms with van der Waals surface area (Å²) in [5.74, 6) is 1.89. The van der Waals surface area contributed by atoms with Gasteiger partial charge in [-0.1, -0.05) is 0 Å². The highest BCUT2D eigenvalue weighted by Crippen LogP contribution is 2.14. The first-order valence-electron chi connectivity index (χ1n) is 5.08. The van der Waals surface area contributed by atoms with Gasteiger partial charge < -0.3 is 4.74 Å². The normalized spacial score (nSPS) is 14.6. The summed E-state index contributed by atoms with van der Waals surface area (Å²) in [4.78, 5) is 4.30. The molecule has 1 heterocycles. The lowest BCUT2D eigenvalue weighted by molar-refractivity contribution is 0.415. The molecule has 0 unspecified atom stereocenters. The van der Waals surface area contributed by atoms with E-state index in [1.807, 2.05) is 24.3 Å². The number of hydrogen-bond donors (Lipinski definition) is 2. The molecule has 4 nitrogen and oxygen atoms in total. The van der Waals surface area contributed by atoms with Gasteiger partial charge in [0.2, 0.25) is 0 Å². The molecule has 1 aliphatic heterocycles. The molecule has 0 radical (unpaired) electrons. The van der Waals surface area contributed by atoms with Crippen LogP contribution in [-0.4, -0.2) is 19.5 Å². The van der Waals surface area contributed by atoms with Crippen molar-refractivity contribution in [3.63, 3.8) is 0 Å². The Hall–Kier alpha value is -1.71. The number of aliphatic imine (C=N–C) groups is 1. The van der Waals surface area contributed by atoms with Crippen molar-refractivity contribution in [2.75, 3.05) is 19.1 Å². The van der Waals surface area contributed by atoms with Crippen LogP contribution in [0.1, 0.15) is 12.8 Å². The van der Waals surface area contributed by atoms with Crippen LogP contribution in [0.5, 0.6) is 5.75 Å². The number of methoxy groups -OCH3 is 1. The van der Waals surface area contributed by atoms with Crippen LogP contribution in [0.25, 0.3) is 0 Å². The quantitative estimate of drug-likeness (QED) is 0.740. The van der Waals surface area contributed by atoms with E-state index in [0.717, 1.165) is 36.7 Å². The lowest BCUT2D eigenvalue weighted by Crippen LogP contribution is -2.27. The summed E-state index contributed by atoms with van der Waals surface area (Å²) in [5, 5.41) is 0. The highest BCUT2D eigenvalue weighted by atomic mass is 16.5. The summed E-state index contributed by atoms with van der Waals surface area (Å²) in [6, 6.07) is 7.75. The fraction of sp³-hybridized carbons (Fsp3) is 0.364. The van der Waals surface area contributed by atoms with Crippen LogP contribution in [0, 0.1) is 0 Å². The first kappa shape index (κ1) is 9.83. The number of nitrogens with one attached hydrogen (secondary N) is 2. The molecule has 2 rings (SSSR count). The van der Waals surface area contributed by atoms with Crippen LogP contribution in [0.3, 0.4) is 0 Å². The Morgan fingerprint density at radius 1 is 1.20 bits per heavy atom. The molecular formula is C11H15N3O. The molecule has 0 atom stereocenters. The third kappa shape index (κ3) is 2.62. The molecule has 1 aliphatic rings. The minimum Gasteiger partial charge on any atom is -0.497 e. The van der Waals surface area contributed by atoms with E-state index < -0.39 is 0 Å². The van der Waals surface area contributed by atoms with E-state index in [4.69, 9.17) is 4.74 Å². The number of nitrogens with zero attached hydrogens (tertiary/aromatic N) is 1. The van der Waals surface area contributed by atoms with E-state index in [1.165, 1.54) is 0 Å². The van der Waals surface area contributed by atoms with Crippen LogP contribution in [0.2, 0.25) is 0 Å². The molecule has 0 aromatic heterocycles. The van der Waals surface area contributed by atoms with Gasteiger partial charge in [-0.15, -0.1) is 0 Å². The Balaban J connectivity index is 1.87. The van der Waals surface area contributed by atoms with Crippen molar-refractivity contribution >= 4 is 11.5 Å². The summed E-state index contributed by atoms with van der Waals surface area (Å²) in [6.07, 6.45) is 2.18. The van der Waals surface area contributed by atoms with Crippen molar-refractivity contribution < 1.29 is 4.74 Å². The van der Waals surface area contributed by atoms with Crippen molar-refractivity contribution in [1.29, 1.82) is 0 Å². The van der Waals surface area contributed by atoms with Crippen LogP contribution < -0.4 is 15.6 Å². The summed E-state index contributed by atoms with van der Waals surface area (Å²) in [6.45, 7) is 0.937. The zero-order valence-corrected chi connectivity index (χ0v) is 8.79. The SMILES string of the molecule is COc1ccc(NNC2=NCCC2)cc1. The zero-order valence-electron chi connectivity index (χ0n) is 8.79. The van der Waals surface area contributed by atoms with E-state index in [-0.39, 0.29) is 0 Å². The summed E-state index contributed by atoms with van der Waals surface area (Å²) < 4.78 is 5.08. The number of hydrazine groups is 1. The average molecular weight is 205 g/mol. The molecule has 0 fully saturated rings. The van der Waals surface area contributed by atoms with Gasteiger partial charge in [0.15, 0.2) is 0 Å². The van der Waals surface area contributed by atoms with Gasteiger partial charge in [0.1, 0.15) is 11.6 Å². The van der Waals surface area contributed by atoms with Crippen LogP contribution >= 0.6 is 0 Å². The fourth-order valence-electron chi connectivity index (χ4n) is 1.46. The summed E-state index contributed by atoms with van der Waals surface area (Å²) in [5.41, 5.74) is 7.20. The van der Waals surface area contributed by atoms with E-state index in [9.17, 15) is 0 Å². The Bertz CT molecular complexity index is 345. The largest absolute Gasteiger partial charge is 0.497 e. The summed E-state index contributed by atoms with van der Waals surface area (Å²) in [7, 11) is 1.66. The van der Waals surface area contributed by atoms with Gasteiger partial charge in [0, 0.05) is 13.0 Å². The minimum atomic E-state index is 0.860. The van der Waals surface area contributed by atoms with Gasteiger partial charge in [-0.25, -0.2) is 0 Å². The molecule has 1 aromatic rings. The highest BCUT2D eigenvalue weighted by Gasteiger charge is 2.04. The van der Waals surface area contributed by atoms with E-state index in [2.05, 4.69) is 15.8 Å². The van der Waals surface area contributed by atoms with Crippen molar-refractivity contribution in [3.05, 3.63) is 24.3 Å². The fourth-order valence-corrected chi connectivity index (χ4v) is 1.46. The molecule has 15 heavy (non-hydrogen) atoms. The average Bonchev–Trinajstić information content (AvgIpc) is 2.80. The second-order valence-corrected chi connectivity index (χ2v) is 3.41. The molecule has 0 amide bonds. The molecule has 4 heteroatoms. The number of hydrogen-bond acceptors (Lipinski definition) is 4. The number of rotatable bonds is 3. The molecule has 0 spiro atoms. The van der Waals surface area contributed by atoms with Gasteiger partial charge in [0.05, 0.1) is 12.8 Å². The maximum absolute atomic E-state index is 5.08. The van der Waals surface area contributed by atoms with Crippen LogP contribution in [0.15, 0.2) is 29.3 Å². The molecule has 0 saturated heterocycles. The smallest absolute Gasteiger partial charge is 0.119 e. The van der Waals surface area contributed by atoms with Crippen molar-refractivity contribution in [2.24, 2.45) is 4.99 Å². The zero-order chi connectivity index (χ0) is 10.5. The number of amidine groups is 1. The molecular weight excluding hydrogens is 190 g/mol. The van der Waals surface area contributed by atoms with Gasteiger partial charge in [-0.05, 0) is 30.7 Å². The lowest BCUT2D eigenvalue weighted by Gasteiger charge is -2.09. The molecule has 0 saturated carbocycles. The first-order chi connectivity index (χ1) is 7.38. The Kier molecular flexibility index (Phi) is 3.07. The van der Waals surface area contributed by atoms with Crippen LogP contribution in [-0.2, 0) is 0 Å². The molecule has 1 aromatic carbocycles. The summed E-state index contributed by atoms with van der Waals surface area (Å²) >= 11 is 0. The second-order valence-electron chi connectivity index (χ2n) is 3.41. The molecule has 0 aliphatic carbocycles. The van der Waals surface area contributed by atoms with Gasteiger partial charge >= 0.3 is 0 Å². The maximum atomic E-state index is 5.08. The Morgan fingerprint density at radius 3 is 2.60 bits per heavy atom. The third-order valence-electron chi connectivity index (χ3n) is 2.32. The Labute approximate surface area is 89.3 Å². The maximum Gasteiger partial charge on any atom is 0.119 e. The lowest BCUT2D eigenvalue weighted by atomic mass is 10.3. The predicted octanol–water partition coefficient (Wildman–Crippen LogP) is 1.80. The van der Waals surface area contributed by atoms with Crippen molar-refractivity contribution in [2.45, 2.75) is 12.8 Å². The van der Waals surface area contributed by atoms with Gasteiger partial charge in [-0.3, -0.25) is 15.8 Å². The van der Waals surface area contributed by atoms with E-state index in [0.29, 0.717) is 0 Å². The second kappa shape index (κ2) is 4.68. The monoisotopic (exact) mass is 205 g/mol. The number of anilines is 1. The van der Waals surface area contributed by atoms with Gasteiger partial charge in [0.25, 0.3) is 0 Å². The molecule has 0 bridgehead atoms. The predicted molar refractivity (Wildman–Crippen MR) is 61.3 cm³/mol. The highest BCUT2D eigenvalue weighted by molar-refractivity contribution is 5.84. The molecule has 80 valence electrons. The van der Waals surface area contributed by atoms with E-state index in [1.54, 1.807) is 7.11 Å². The van der Waals surface area contributed by atoms with E-state index >= 15 is 0 Å². The number of ether oxygens (including phenoxy) is 1. The van der Waals surface area contributed by atoms with Crippen molar-refractivity contribution in [3.8, 4) is 5.75 Å². The first-order valence-corrected chi connectivity index (χ1v) is 5.08. The standard InChI is InChI=1S/C11H15N3O/c1-15-10-6-4-9(5-7-10)13-14-11-3-2-8-12-11/h4-7,13H,2-3,8H2,1H3,(H,12,14). The van der Waals surface area contributed by atoms with Crippen molar-refractivity contribution in [1.82, 2.24) is 5.43 Å². The number of benzene rings is 1. The third-order valence-corrected chi connectivity index (χ3v) is 2.32. The topological polar surface area (TPSA) is 45.6 Å². The molecule has 2 N–H and O–H groups in total.